The standard InChI is InChI=1S/C14H15N5O/c1-8-4-5-11(6-9(8)2)16-13-15-10(3)7-12-17-18-14(20)19(12)13/h4-7H,1-3H3,(H,15,16)(H,18,20). The van der Waals surface area contributed by atoms with Gasteiger partial charge in [0.1, 0.15) is 0 Å². The van der Waals surface area contributed by atoms with Gasteiger partial charge in [0.2, 0.25) is 5.95 Å². The molecule has 0 atom stereocenters. The van der Waals surface area contributed by atoms with Gasteiger partial charge in [-0.05, 0) is 44.0 Å². The van der Waals surface area contributed by atoms with Gasteiger partial charge in [-0.2, -0.15) is 5.10 Å². The highest BCUT2D eigenvalue weighted by Crippen LogP contribution is 2.18. The van der Waals surface area contributed by atoms with E-state index in [0.29, 0.717) is 11.6 Å². The summed E-state index contributed by atoms with van der Waals surface area (Å²) in [5, 5.41) is 9.56. The van der Waals surface area contributed by atoms with Crippen molar-refractivity contribution in [3.63, 3.8) is 0 Å². The van der Waals surface area contributed by atoms with Crippen LogP contribution in [0, 0.1) is 20.8 Å². The Hall–Kier alpha value is -2.63. The van der Waals surface area contributed by atoms with Crippen molar-refractivity contribution in [2.24, 2.45) is 0 Å². The maximum atomic E-state index is 11.8. The smallest absolute Gasteiger partial charge is 0.325 e. The number of benzene rings is 1. The molecule has 6 heteroatoms. The zero-order valence-corrected chi connectivity index (χ0v) is 11.6. The van der Waals surface area contributed by atoms with E-state index in [1.54, 1.807) is 6.07 Å². The molecular weight excluding hydrogens is 254 g/mol. The molecular formula is C14H15N5O. The maximum Gasteiger partial charge on any atom is 0.350 e. The van der Waals surface area contributed by atoms with Gasteiger partial charge in [-0.25, -0.2) is 19.3 Å². The Morgan fingerprint density at radius 2 is 1.95 bits per heavy atom. The molecule has 0 aliphatic rings. The lowest BCUT2D eigenvalue weighted by atomic mass is 10.1. The van der Waals surface area contributed by atoms with Crippen LogP contribution in [-0.4, -0.2) is 19.6 Å². The number of nitrogens with one attached hydrogen (secondary N) is 2. The number of aromatic amines is 1. The lowest BCUT2D eigenvalue weighted by Crippen LogP contribution is -2.14. The van der Waals surface area contributed by atoms with E-state index in [9.17, 15) is 4.79 Å². The SMILES string of the molecule is Cc1cc2n[nH]c(=O)n2c(Nc2ccc(C)c(C)c2)n1. The highest BCUT2D eigenvalue weighted by molar-refractivity contribution is 5.58. The van der Waals surface area contributed by atoms with E-state index in [-0.39, 0.29) is 5.69 Å². The van der Waals surface area contributed by atoms with Crippen LogP contribution in [0.5, 0.6) is 0 Å². The van der Waals surface area contributed by atoms with Crippen LogP contribution in [0.15, 0.2) is 29.1 Å². The first kappa shape index (κ1) is 12.4. The molecule has 0 fully saturated rings. The molecule has 2 N–H and O–H groups in total. The van der Waals surface area contributed by atoms with Gasteiger partial charge in [0.05, 0.1) is 0 Å². The average molecular weight is 269 g/mol. The molecule has 0 aliphatic heterocycles. The Kier molecular flexibility index (Phi) is 2.78. The van der Waals surface area contributed by atoms with Gasteiger partial charge in [-0.3, -0.25) is 0 Å². The van der Waals surface area contributed by atoms with Crippen LogP contribution < -0.4 is 11.0 Å². The molecule has 0 spiro atoms. The molecule has 0 amide bonds. The van der Waals surface area contributed by atoms with E-state index in [2.05, 4.69) is 27.4 Å². The second kappa shape index (κ2) is 4.48. The molecule has 0 unspecified atom stereocenters. The molecule has 2 heterocycles. The van der Waals surface area contributed by atoms with Crippen molar-refractivity contribution < 1.29 is 0 Å². The first-order chi connectivity index (χ1) is 9.54. The summed E-state index contributed by atoms with van der Waals surface area (Å²) in [6.07, 6.45) is 0. The molecule has 0 saturated heterocycles. The molecule has 3 rings (SSSR count). The van der Waals surface area contributed by atoms with Crippen LogP contribution in [0.3, 0.4) is 0 Å². The highest BCUT2D eigenvalue weighted by Gasteiger charge is 2.09. The molecule has 3 aromatic rings. The summed E-state index contributed by atoms with van der Waals surface area (Å²) < 4.78 is 1.42. The number of aryl methyl sites for hydroxylation is 3. The summed E-state index contributed by atoms with van der Waals surface area (Å²) in [6.45, 7) is 5.97. The molecule has 102 valence electrons. The summed E-state index contributed by atoms with van der Waals surface area (Å²) in [5.41, 5.74) is 4.33. The van der Waals surface area contributed by atoms with Crippen molar-refractivity contribution in [1.29, 1.82) is 0 Å². The zero-order valence-electron chi connectivity index (χ0n) is 11.6. The van der Waals surface area contributed by atoms with Crippen molar-refractivity contribution in [2.45, 2.75) is 20.8 Å². The van der Waals surface area contributed by atoms with Crippen LogP contribution >= 0.6 is 0 Å². The Bertz CT molecular complexity index is 846. The van der Waals surface area contributed by atoms with E-state index in [0.717, 1.165) is 11.4 Å². The molecule has 0 aliphatic carbocycles. The summed E-state index contributed by atoms with van der Waals surface area (Å²) in [5.74, 6) is 0.460. The van der Waals surface area contributed by atoms with Crippen LogP contribution in [-0.2, 0) is 0 Å². The van der Waals surface area contributed by atoms with E-state index in [4.69, 9.17) is 0 Å². The highest BCUT2D eigenvalue weighted by atomic mass is 16.1. The van der Waals surface area contributed by atoms with Gasteiger partial charge in [0, 0.05) is 17.4 Å². The Morgan fingerprint density at radius 1 is 1.15 bits per heavy atom. The van der Waals surface area contributed by atoms with Gasteiger partial charge in [0.15, 0.2) is 5.65 Å². The van der Waals surface area contributed by atoms with E-state index in [1.807, 2.05) is 32.0 Å². The van der Waals surface area contributed by atoms with Gasteiger partial charge in [-0.15, -0.1) is 0 Å². The molecule has 20 heavy (non-hydrogen) atoms. The second-order valence-corrected chi connectivity index (χ2v) is 4.87. The number of anilines is 2. The van der Waals surface area contributed by atoms with Gasteiger partial charge >= 0.3 is 5.69 Å². The predicted molar refractivity (Wildman–Crippen MR) is 77.5 cm³/mol. The van der Waals surface area contributed by atoms with Gasteiger partial charge in [-0.1, -0.05) is 6.07 Å². The number of fused-ring (bicyclic) bond motifs is 1. The number of aromatic nitrogens is 4. The van der Waals surface area contributed by atoms with Crippen LogP contribution in [0.1, 0.15) is 16.8 Å². The minimum absolute atomic E-state index is 0.307. The quantitative estimate of drug-likeness (QED) is 0.747. The first-order valence-corrected chi connectivity index (χ1v) is 6.33. The van der Waals surface area contributed by atoms with Crippen molar-refractivity contribution in [3.8, 4) is 0 Å². The van der Waals surface area contributed by atoms with Crippen molar-refractivity contribution >= 4 is 17.3 Å². The Morgan fingerprint density at radius 3 is 2.70 bits per heavy atom. The number of H-pyrrole nitrogens is 1. The van der Waals surface area contributed by atoms with Gasteiger partial charge in [0.25, 0.3) is 0 Å². The fourth-order valence-corrected chi connectivity index (χ4v) is 2.08. The minimum atomic E-state index is -0.307. The monoisotopic (exact) mass is 269 g/mol. The van der Waals surface area contributed by atoms with Crippen LogP contribution in [0.4, 0.5) is 11.6 Å². The summed E-state index contributed by atoms with van der Waals surface area (Å²) >= 11 is 0. The fourth-order valence-electron chi connectivity index (χ4n) is 2.08. The number of rotatable bonds is 2. The molecule has 6 nitrogen and oxygen atoms in total. The van der Waals surface area contributed by atoms with Crippen LogP contribution in [0.2, 0.25) is 0 Å². The largest absolute Gasteiger partial charge is 0.350 e. The average Bonchev–Trinajstić information content (AvgIpc) is 2.75. The first-order valence-electron chi connectivity index (χ1n) is 6.33. The van der Waals surface area contributed by atoms with Crippen molar-refractivity contribution in [1.82, 2.24) is 19.6 Å². The van der Waals surface area contributed by atoms with Crippen molar-refractivity contribution in [3.05, 3.63) is 51.6 Å². The summed E-state index contributed by atoms with van der Waals surface area (Å²) in [6, 6.07) is 7.77. The molecule has 0 bridgehead atoms. The Balaban J connectivity index is 2.12. The number of hydrogen-bond acceptors (Lipinski definition) is 4. The van der Waals surface area contributed by atoms with E-state index >= 15 is 0 Å². The Labute approximate surface area is 115 Å². The third kappa shape index (κ3) is 2.05. The number of nitrogens with zero attached hydrogens (tertiary/aromatic N) is 3. The summed E-state index contributed by atoms with van der Waals surface area (Å²) in [7, 11) is 0. The normalized spacial score (nSPS) is 10.9. The molecule has 2 aromatic heterocycles. The lowest BCUT2D eigenvalue weighted by Gasteiger charge is -2.09. The van der Waals surface area contributed by atoms with Gasteiger partial charge < -0.3 is 5.32 Å². The van der Waals surface area contributed by atoms with E-state index in [1.165, 1.54) is 15.5 Å². The minimum Gasteiger partial charge on any atom is -0.325 e. The topological polar surface area (TPSA) is 75.1 Å². The van der Waals surface area contributed by atoms with Crippen molar-refractivity contribution in [2.75, 3.05) is 5.32 Å². The second-order valence-electron chi connectivity index (χ2n) is 4.87. The predicted octanol–water partition coefficient (Wildman–Crippen LogP) is 2.09. The summed E-state index contributed by atoms with van der Waals surface area (Å²) in [4.78, 5) is 16.2. The third-order valence-corrected chi connectivity index (χ3v) is 3.29. The third-order valence-electron chi connectivity index (χ3n) is 3.29. The molecule has 1 aromatic carbocycles. The fraction of sp³-hybridized carbons (Fsp3) is 0.214. The maximum absolute atomic E-state index is 11.8. The molecule has 0 saturated carbocycles. The number of hydrogen-bond donors (Lipinski definition) is 2. The lowest BCUT2D eigenvalue weighted by molar-refractivity contribution is 0.992. The van der Waals surface area contributed by atoms with E-state index < -0.39 is 0 Å². The van der Waals surface area contributed by atoms with Crippen LogP contribution in [0.25, 0.3) is 5.65 Å². The molecule has 0 radical (unpaired) electrons. The zero-order chi connectivity index (χ0) is 14.3.